The SMILES string of the molecule is CCCn1nc(Cc2ccccc2)cc1CC.CCCn1ncc(Cc2ccccc2)c1CC.O=C=O.O=C=O. The molecule has 0 saturated carbocycles. The minimum absolute atomic E-state index is 0.250. The van der Waals surface area contributed by atoms with Crippen LogP contribution in [0.5, 0.6) is 0 Å². The summed E-state index contributed by atoms with van der Waals surface area (Å²) in [4.78, 5) is 32.5. The first-order valence-corrected chi connectivity index (χ1v) is 13.7. The summed E-state index contributed by atoms with van der Waals surface area (Å²) >= 11 is 0. The highest BCUT2D eigenvalue weighted by molar-refractivity contribution is 5.28. The zero-order valence-corrected chi connectivity index (χ0v) is 24.0. The van der Waals surface area contributed by atoms with Crippen LogP contribution in [-0.2, 0) is 58.0 Å². The fourth-order valence-corrected chi connectivity index (χ4v) is 4.32. The Bertz CT molecular complexity index is 1270. The average molecular weight is 545 g/mol. The molecule has 0 fully saturated rings. The Balaban J connectivity index is 0.000000335. The van der Waals surface area contributed by atoms with Crippen molar-refractivity contribution in [1.29, 1.82) is 0 Å². The Labute approximate surface area is 237 Å². The summed E-state index contributed by atoms with van der Waals surface area (Å²) in [7, 11) is 0. The van der Waals surface area contributed by atoms with Crippen molar-refractivity contribution in [2.24, 2.45) is 0 Å². The normalized spacial score (nSPS) is 9.50. The van der Waals surface area contributed by atoms with E-state index >= 15 is 0 Å². The third-order valence-corrected chi connectivity index (χ3v) is 5.98. The van der Waals surface area contributed by atoms with Gasteiger partial charge in [-0.1, -0.05) is 88.4 Å². The first kappa shape index (κ1) is 33.6. The van der Waals surface area contributed by atoms with Gasteiger partial charge in [-0.15, -0.1) is 0 Å². The topological polar surface area (TPSA) is 104 Å². The molecule has 4 aromatic rings. The standard InChI is InChI=1S/2C15H20N2.2CO2/c1-3-10-17-15(4-2)14(12-16-17)11-13-8-6-5-7-9-13;1-3-10-17-15(4-2)12-14(16-17)11-13-8-6-5-7-9-13;2*2-1-3/h2*5-9,12H,3-4,10-11H2,1-2H3;;. The number of aromatic nitrogens is 4. The molecular weight excluding hydrogens is 504 g/mol. The summed E-state index contributed by atoms with van der Waals surface area (Å²) in [5.74, 6) is 0. The van der Waals surface area contributed by atoms with Crippen LogP contribution in [-0.4, -0.2) is 31.9 Å². The molecule has 40 heavy (non-hydrogen) atoms. The molecule has 0 spiro atoms. The van der Waals surface area contributed by atoms with E-state index < -0.39 is 0 Å². The molecular formula is C32H40N4O4. The van der Waals surface area contributed by atoms with E-state index in [1.54, 1.807) is 0 Å². The number of hydrogen-bond acceptors (Lipinski definition) is 6. The van der Waals surface area contributed by atoms with E-state index in [2.05, 4.69) is 114 Å². The molecule has 0 unspecified atom stereocenters. The summed E-state index contributed by atoms with van der Waals surface area (Å²) in [5.41, 5.74) is 7.97. The highest BCUT2D eigenvalue weighted by Crippen LogP contribution is 2.15. The molecule has 0 aliphatic rings. The molecule has 0 aliphatic heterocycles. The lowest BCUT2D eigenvalue weighted by Gasteiger charge is -2.06. The molecule has 8 nitrogen and oxygen atoms in total. The predicted octanol–water partition coefficient (Wildman–Crippen LogP) is 5.73. The zero-order valence-electron chi connectivity index (χ0n) is 24.0. The van der Waals surface area contributed by atoms with Crippen LogP contribution in [0.25, 0.3) is 0 Å². The van der Waals surface area contributed by atoms with Gasteiger partial charge in [0.1, 0.15) is 0 Å². The van der Waals surface area contributed by atoms with E-state index in [1.807, 2.05) is 6.20 Å². The fraction of sp³-hybridized carbons (Fsp3) is 0.375. The molecule has 0 bridgehead atoms. The van der Waals surface area contributed by atoms with Crippen molar-refractivity contribution in [3.63, 3.8) is 0 Å². The van der Waals surface area contributed by atoms with E-state index in [9.17, 15) is 0 Å². The fourth-order valence-electron chi connectivity index (χ4n) is 4.32. The maximum Gasteiger partial charge on any atom is 0.373 e. The van der Waals surface area contributed by atoms with Crippen LogP contribution < -0.4 is 0 Å². The highest BCUT2D eigenvalue weighted by Gasteiger charge is 2.09. The van der Waals surface area contributed by atoms with Gasteiger partial charge in [-0.25, -0.2) is 0 Å². The van der Waals surface area contributed by atoms with E-state index in [-0.39, 0.29) is 12.3 Å². The molecule has 2 aromatic carbocycles. The van der Waals surface area contributed by atoms with E-state index in [0.717, 1.165) is 51.6 Å². The van der Waals surface area contributed by atoms with Crippen LogP contribution in [0.1, 0.15) is 74.3 Å². The van der Waals surface area contributed by atoms with Crippen LogP contribution in [0.4, 0.5) is 0 Å². The average Bonchev–Trinajstić information content (AvgIpc) is 3.54. The van der Waals surface area contributed by atoms with Gasteiger partial charge in [-0.2, -0.15) is 29.4 Å². The molecule has 4 rings (SSSR count). The van der Waals surface area contributed by atoms with Gasteiger partial charge in [-0.05, 0) is 48.4 Å². The van der Waals surface area contributed by atoms with Crippen molar-refractivity contribution in [1.82, 2.24) is 19.6 Å². The third-order valence-electron chi connectivity index (χ3n) is 5.98. The van der Waals surface area contributed by atoms with Crippen molar-refractivity contribution in [3.8, 4) is 0 Å². The maximum absolute atomic E-state index is 8.12. The lowest BCUT2D eigenvalue weighted by Crippen LogP contribution is -2.04. The first-order valence-electron chi connectivity index (χ1n) is 13.7. The molecule has 2 heterocycles. The summed E-state index contributed by atoms with van der Waals surface area (Å²) in [6.07, 6.45) is 8.85. The first-order chi connectivity index (χ1) is 19.5. The van der Waals surface area contributed by atoms with Crippen molar-refractivity contribution >= 4 is 12.3 Å². The summed E-state index contributed by atoms with van der Waals surface area (Å²) in [6, 6.07) is 23.4. The number of aryl methyl sites for hydroxylation is 3. The van der Waals surface area contributed by atoms with Crippen LogP contribution in [0.15, 0.2) is 72.9 Å². The van der Waals surface area contributed by atoms with E-state index in [0.29, 0.717) is 0 Å². The Morgan fingerprint density at radius 2 is 1.18 bits per heavy atom. The molecule has 0 amide bonds. The van der Waals surface area contributed by atoms with Gasteiger partial charge in [-0.3, -0.25) is 9.36 Å². The van der Waals surface area contributed by atoms with Crippen LogP contribution >= 0.6 is 0 Å². The maximum atomic E-state index is 8.12. The lowest BCUT2D eigenvalue weighted by atomic mass is 10.0. The monoisotopic (exact) mass is 544 g/mol. The second kappa shape index (κ2) is 20.6. The van der Waals surface area contributed by atoms with Gasteiger partial charge in [0.15, 0.2) is 0 Å². The van der Waals surface area contributed by atoms with Crippen LogP contribution in [0, 0.1) is 0 Å². The smallest absolute Gasteiger partial charge is 0.269 e. The minimum atomic E-state index is 0.250. The molecule has 212 valence electrons. The van der Waals surface area contributed by atoms with Crippen molar-refractivity contribution in [2.45, 2.75) is 79.3 Å². The Morgan fingerprint density at radius 1 is 0.675 bits per heavy atom. The van der Waals surface area contributed by atoms with E-state index in [4.69, 9.17) is 19.2 Å². The number of nitrogens with zero attached hydrogens (tertiary/aromatic N) is 4. The van der Waals surface area contributed by atoms with Gasteiger partial charge in [0.05, 0.1) is 11.9 Å². The van der Waals surface area contributed by atoms with Gasteiger partial charge < -0.3 is 0 Å². The largest absolute Gasteiger partial charge is 0.373 e. The van der Waals surface area contributed by atoms with Gasteiger partial charge in [0, 0.05) is 37.3 Å². The lowest BCUT2D eigenvalue weighted by molar-refractivity contribution is -0.193. The van der Waals surface area contributed by atoms with Gasteiger partial charge >= 0.3 is 12.3 Å². The Kier molecular flexibility index (Phi) is 17.3. The number of carbonyl (C=O) groups excluding carboxylic acids is 4. The quantitative estimate of drug-likeness (QED) is 0.253. The predicted molar refractivity (Wildman–Crippen MR) is 152 cm³/mol. The zero-order chi connectivity index (χ0) is 29.6. The molecule has 0 aliphatic carbocycles. The Morgan fingerprint density at radius 3 is 1.65 bits per heavy atom. The van der Waals surface area contributed by atoms with Crippen molar-refractivity contribution in [3.05, 3.63) is 107 Å². The summed E-state index contributed by atoms with van der Waals surface area (Å²) < 4.78 is 4.30. The molecule has 8 heteroatoms. The molecule has 0 atom stereocenters. The van der Waals surface area contributed by atoms with Gasteiger partial charge in [0.25, 0.3) is 0 Å². The molecule has 0 saturated heterocycles. The number of benzene rings is 2. The minimum Gasteiger partial charge on any atom is -0.269 e. The summed E-state index contributed by atoms with van der Waals surface area (Å²) in [5, 5.41) is 9.17. The second-order valence-electron chi connectivity index (χ2n) is 8.89. The van der Waals surface area contributed by atoms with Crippen molar-refractivity contribution in [2.75, 3.05) is 0 Å². The molecule has 0 radical (unpaired) electrons. The Hall–Kier alpha value is -4.38. The highest BCUT2D eigenvalue weighted by atomic mass is 16.2. The molecule has 2 aromatic heterocycles. The second-order valence-corrected chi connectivity index (χ2v) is 8.89. The van der Waals surface area contributed by atoms with Crippen molar-refractivity contribution < 1.29 is 19.2 Å². The van der Waals surface area contributed by atoms with Crippen LogP contribution in [0.2, 0.25) is 0 Å². The van der Waals surface area contributed by atoms with Gasteiger partial charge in [0.2, 0.25) is 0 Å². The number of rotatable bonds is 10. The van der Waals surface area contributed by atoms with Crippen LogP contribution in [0.3, 0.4) is 0 Å². The summed E-state index contributed by atoms with van der Waals surface area (Å²) in [6.45, 7) is 10.8. The number of hydrogen-bond donors (Lipinski definition) is 0. The van der Waals surface area contributed by atoms with E-state index in [1.165, 1.54) is 33.8 Å². The third kappa shape index (κ3) is 12.0. The molecule has 0 N–H and O–H groups in total.